The molecule has 0 saturated carbocycles. The highest BCUT2D eigenvalue weighted by Gasteiger charge is 2.22. The average molecular weight is 375 g/mol. The molecular formula is C20H25NO4S. The van der Waals surface area contributed by atoms with Gasteiger partial charge in [-0.3, -0.25) is 0 Å². The Morgan fingerprint density at radius 3 is 2.27 bits per heavy atom. The van der Waals surface area contributed by atoms with Gasteiger partial charge in [-0.05, 0) is 61.6 Å². The highest BCUT2D eigenvalue weighted by Crippen LogP contribution is 2.23. The van der Waals surface area contributed by atoms with Crippen LogP contribution in [-0.2, 0) is 14.8 Å². The van der Waals surface area contributed by atoms with Crippen molar-refractivity contribution in [2.24, 2.45) is 0 Å². The maximum absolute atomic E-state index is 12.8. The lowest BCUT2D eigenvalue weighted by Gasteiger charge is -2.19. The molecule has 0 aromatic heterocycles. The summed E-state index contributed by atoms with van der Waals surface area (Å²) >= 11 is 0. The molecule has 0 radical (unpaired) electrons. The minimum absolute atomic E-state index is 0.0470. The Balaban J connectivity index is 2.37. The molecule has 1 atom stereocenters. The van der Waals surface area contributed by atoms with Gasteiger partial charge in [-0.2, -0.15) is 0 Å². The molecule has 0 bridgehead atoms. The van der Waals surface area contributed by atoms with E-state index in [4.69, 9.17) is 4.74 Å². The van der Waals surface area contributed by atoms with Crippen LogP contribution in [0.1, 0.15) is 52.0 Å². The molecule has 6 heteroatoms. The molecule has 0 aliphatic carbocycles. The van der Waals surface area contributed by atoms with Gasteiger partial charge in [-0.1, -0.05) is 31.2 Å². The van der Waals surface area contributed by atoms with Crippen molar-refractivity contribution in [1.82, 2.24) is 4.72 Å². The van der Waals surface area contributed by atoms with Crippen LogP contribution in [0.2, 0.25) is 0 Å². The normalized spacial score (nSPS) is 12.7. The van der Waals surface area contributed by atoms with Crippen LogP contribution in [0.3, 0.4) is 0 Å². The quantitative estimate of drug-likeness (QED) is 0.779. The van der Waals surface area contributed by atoms with E-state index in [1.54, 1.807) is 13.0 Å². The first-order valence-electron chi connectivity index (χ1n) is 8.48. The largest absolute Gasteiger partial charge is 0.465 e. The van der Waals surface area contributed by atoms with Gasteiger partial charge in [0.25, 0.3) is 0 Å². The van der Waals surface area contributed by atoms with Gasteiger partial charge in [0.2, 0.25) is 10.0 Å². The molecule has 140 valence electrons. The van der Waals surface area contributed by atoms with E-state index in [9.17, 15) is 13.2 Å². The van der Waals surface area contributed by atoms with E-state index in [-0.39, 0.29) is 16.5 Å². The molecule has 0 unspecified atom stereocenters. The Labute approximate surface area is 155 Å². The van der Waals surface area contributed by atoms with Crippen molar-refractivity contribution in [1.29, 1.82) is 0 Å². The number of nitrogens with one attached hydrogen (secondary N) is 1. The summed E-state index contributed by atoms with van der Waals surface area (Å²) in [5.41, 5.74) is 4.10. The molecule has 0 heterocycles. The lowest BCUT2D eigenvalue weighted by Crippen LogP contribution is -2.28. The Hall–Kier alpha value is -2.18. The summed E-state index contributed by atoms with van der Waals surface area (Å²) in [4.78, 5) is 11.9. The molecule has 0 amide bonds. The van der Waals surface area contributed by atoms with E-state index in [0.29, 0.717) is 12.0 Å². The number of rotatable bonds is 6. The van der Waals surface area contributed by atoms with Crippen LogP contribution in [0.5, 0.6) is 0 Å². The molecule has 0 saturated heterocycles. The minimum atomic E-state index is -3.78. The number of esters is 1. The van der Waals surface area contributed by atoms with Crippen LogP contribution < -0.4 is 4.72 Å². The average Bonchev–Trinajstić information content (AvgIpc) is 2.61. The summed E-state index contributed by atoms with van der Waals surface area (Å²) < 4.78 is 33.1. The standard InChI is InChI=1S/C20H25NO4S/c1-6-19(16-9-7-13(2)15(4)11-16)21-26(23,24)17-10-8-14(3)18(12-17)20(22)25-5/h7-12,19,21H,6H2,1-5H3/t19-/m1/s1. The first kappa shape index (κ1) is 20.1. The zero-order valence-electron chi connectivity index (χ0n) is 15.8. The van der Waals surface area contributed by atoms with Gasteiger partial charge >= 0.3 is 5.97 Å². The predicted octanol–water partition coefficient (Wildman–Crippen LogP) is 3.83. The molecular weight excluding hydrogens is 350 g/mol. The van der Waals surface area contributed by atoms with Crippen molar-refractivity contribution in [3.63, 3.8) is 0 Å². The summed E-state index contributed by atoms with van der Waals surface area (Å²) in [7, 11) is -2.51. The summed E-state index contributed by atoms with van der Waals surface area (Å²) in [6.45, 7) is 7.69. The monoisotopic (exact) mass is 375 g/mol. The summed E-state index contributed by atoms with van der Waals surface area (Å²) in [5, 5.41) is 0. The van der Waals surface area contributed by atoms with E-state index in [1.807, 2.05) is 39.0 Å². The van der Waals surface area contributed by atoms with Crippen molar-refractivity contribution < 1.29 is 17.9 Å². The van der Waals surface area contributed by atoms with Crippen LogP contribution in [0.4, 0.5) is 0 Å². The number of benzene rings is 2. The van der Waals surface area contributed by atoms with Crippen LogP contribution >= 0.6 is 0 Å². The second kappa shape index (κ2) is 8.01. The molecule has 0 fully saturated rings. The summed E-state index contributed by atoms with van der Waals surface area (Å²) in [5.74, 6) is -0.555. The van der Waals surface area contributed by atoms with Gasteiger partial charge in [-0.25, -0.2) is 17.9 Å². The Kier molecular flexibility index (Phi) is 6.21. The van der Waals surface area contributed by atoms with Crippen molar-refractivity contribution in [2.45, 2.75) is 45.1 Å². The number of aryl methyl sites for hydroxylation is 3. The minimum Gasteiger partial charge on any atom is -0.465 e. The van der Waals surface area contributed by atoms with E-state index in [1.165, 1.54) is 19.2 Å². The molecule has 2 aromatic carbocycles. The van der Waals surface area contributed by atoms with Gasteiger partial charge in [0, 0.05) is 6.04 Å². The highest BCUT2D eigenvalue weighted by molar-refractivity contribution is 7.89. The van der Waals surface area contributed by atoms with Crippen molar-refractivity contribution in [3.8, 4) is 0 Å². The SMILES string of the molecule is CC[C@@H](NS(=O)(=O)c1ccc(C)c(C(=O)OC)c1)c1ccc(C)c(C)c1. The highest BCUT2D eigenvalue weighted by atomic mass is 32.2. The Morgan fingerprint density at radius 1 is 1.04 bits per heavy atom. The maximum atomic E-state index is 12.8. The lowest BCUT2D eigenvalue weighted by atomic mass is 10.0. The fourth-order valence-electron chi connectivity index (χ4n) is 2.72. The smallest absolute Gasteiger partial charge is 0.338 e. The molecule has 0 spiro atoms. The van der Waals surface area contributed by atoms with Crippen molar-refractivity contribution in [2.75, 3.05) is 7.11 Å². The zero-order valence-corrected chi connectivity index (χ0v) is 16.6. The summed E-state index contributed by atoms with van der Waals surface area (Å²) in [6, 6.07) is 10.0. The third-order valence-electron chi connectivity index (χ3n) is 4.56. The predicted molar refractivity (Wildman–Crippen MR) is 102 cm³/mol. The molecule has 2 aromatic rings. The van der Waals surface area contributed by atoms with Crippen molar-refractivity contribution >= 4 is 16.0 Å². The lowest BCUT2D eigenvalue weighted by molar-refractivity contribution is 0.0599. The van der Waals surface area contributed by atoms with E-state index in [0.717, 1.165) is 16.7 Å². The topological polar surface area (TPSA) is 72.5 Å². The molecule has 26 heavy (non-hydrogen) atoms. The van der Waals surface area contributed by atoms with Crippen LogP contribution in [0.25, 0.3) is 0 Å². The molecule has 0 aliphatic heterocycles. The number of hydrogen-bond acceptors (Lipinski definition) is 4. The number of ether oxygens (including phenoxy) is 1. The summed E-state index contributed by atoms with van der Waals surface area (Å²) in [6.07, 6.45) is 0.609. The molecule has 0 aliphatic rings. The van der Waals surface area contributed by atoms with Crippen LogP contribution in [0, 0.1) is 20.8 Å². The number of carbonyl (C=O) groups excluding carboxylic acids is 1. The van der Waals surface area contributed by atoms with Crippen LogP contribution in [0.15, 0.2) is 41.3 Å². The van der Waals surface area contributed by atoms with Crippen LogP contribution in [-0.4, -0.2) is 21.5 Å². The molecule has 5 nitrogen and oxygen atoms in total. The first-order chi connectivity index (χ1) is 12.2. The van der Waals surface area contributed by atoms with E-state index >= 15 is 0 Å². The van der Waals surface area contributed by atoms with Gasteiger partial charge in [0.05, 0.1) is 17.6 Å². The second-order valence-electron chi connectivity index (χ2n) is 6.39. The van der Waals surface area contributed by atoms with Gasteiger partial charge in [0.1, 0.15) is 0 Å². The number of methoxy groups -OCH3 is 1. The fourth-order valence-corrected chi connectivity index (χ4v) is 4.06. The number of hydrogen-bond donors (Lipinski definition) is 1. The first-order valence-corrected chi connectivity index (χ1v) is 9.96. The van der Waals surface area contributed by atoms with Gasteiger partial charge < -0.3 is 4.74 Å². The molecule has 2 rings (SSSR count). The van der Waals surface area contributed by atoms with Gasteiger partial charge in [-0.15, -0.1) is 0 Å². The third kappa shape index (κ3) is 4.31. The Morgan fingerprint density at radius 2 is 1.69 bits per heavy atom. The number of carbonyl (C=O) groups is 1. The Bertz CT molecular complexity index is 919. The third-order valence-corrected chi connectivity index (χ3v) is 6.03. The van der Waals surface area contributed by atoms with E-state index < -0.39 is 16.0 Å². The fraction of sp³-hybridized carbons (Fsp3) is 0.350. The van der Waals surface area contributed by atoms with Gasteiger partial charge in [0.15, 0.2) is 0 Å². The maximum Gasteiger partial charge on any atom is 0.338 e. The zero-order chi connectivity index (χ0) is 19.5. The second-order valence-corrected chi connectivity index (χ2v) is 8.11. The van der Waals surface area contributed by atoms with E-state index in [2.05, 4.69) is 4.72 Å². The molecule has 1 N–H and O–H groups in total. The number of sulfonamides is 1. The van der Waals surface area contributed by atoms with Crippen molar-refractivity contribution in [3.05, 3.63) is 64.2 Å².